The Hall–Kier alpha value is -0.0800. The minimum absolute atomic E-state index is 0.824. The Morgan fingerprint density at radius 3 is 2.76 bits per heavy atom. The fraction of sp³-hybridized carbons (Fsp3) is 1.00. The van der Waals surface area contributed by atoms with Crippen LogP contribution in [0.3, 0.4) is 0 Å². The van der Waals surface area contributed by atoms with Crippen LogP contribution in [0.1, 0.15) is 59.3 Å². The SMILES string of the molecule is CCCC1CCCCN1CCNCCC(C)C. The van der Waals surface area contributed by atoms with Crippen molar-refractivity contribution >= 4 is 0 Å². The van der Waals surface area contributed by atoms with Crippen molar-refractivity contribution in [3.8, 4) is 0 Å². The van der Waals surface area contributed by atoms with Gasteiger partial charge in [0.2, 0.25) is 0 Å². The molecule has 0 radical (unpaired) electrons. The van der Waals surface area contributed by atoms with Gasteiger partial charge in [0.15, 0.2) is 0 Å². The van der Waals surface area contributed by atoms with Gasteiger partial charge >= 0.3 is 0 Å². The maximum Gasteiger partial charge on any atom is 0.0110 e. The molecule has 0 aromatic rings. The predicted molar refractivity (Wildman–Crippen MR) is 76.4 cm³/mol. The summed E-state index contributed by atoms with van der Waals surface area (Å²) in [6.07, 6.45) is 8.32. The lowest BCUT2D eigenvalue weighted by atomic mass is 9.98. The minimum Gasteiger partial charge on any atom is -0.315 e. The van der Waals surface area contributed by atoms with Crippen LogP contribution in [0.4, 0.5) is 0 Å². The molecule has 1 aliphatic rings. The van der Waals surface area contributed by atoms with Crippen LogP contribution in [0, 0.1) is 5.92 Å². The van der Waals surface area contributed by atoms with Gasteiger partial charge in [-0.25, -0.2) is 0 Å². The van der Waals surface area contributed by atoms with Crippen molar-refractivity contribution in [3.63, 3.8) is 0 Å². The van der Waals surface area contributed by atoms with E-state index in [4.69, 9.17) is 0 Å². The molecule has 1 aliphatic heterocycles. The van der Waals surface area contributed by atoms with E-state index in [1.807, 2.05) is 0 Å². The van der Waals surface area contributed by atoms with Crippen LogP contribution in [0.5, 0.6) is 0 Å². The summed E-state index contributed by atoms with van der Waals surface area (Å²) in [6, 6.07) is 0.876. The van der Waals surface area contributed by atoms with Gasteiger partial charge in [-0.1, -0.05) is 33.6 Å². The van der Waals surface area contributed by atoms with E-state index in [9.17, 15) is 0 Å². The Bertz CT molecular complexity index is 178. The molecule has 1 heterocycles. The van der Waals surface area contributed by atoms with E-state index >= 15 is 0 Å². The van der Waals surface area contributed by atoms with Crippen LogP contribution in [0.15, 0.2) is 0 Å². The molecule has 1 N–H and O–H groups in total. The predicted octanol–water partition coefficient (Wildman–Crippen LogP) is 3.28. The molecule has 2 nitrogen and oxygen atoms in total. The Balaban J connectivity index is 2.10. The molecule has 0 aromatic heterocycles. The summed E-state index contributed by atoms with van der Waals surface area (Å²) in [7, 11) is 0. The van der Waals surface area contributed by atoms with Gasteiger partial charge in [0.05, 0.1) is 0 Å². The summed E-state index contributed by atoms with van der Waals surface area (Å²) in [4.78, 5) is 2.72. The van der Waals surface area contributed by atoms with Gasteiger partial charge in [0.25, 0.3) is 0 Å². The highest BCUT2D eigenvalue weighted by atomic mass is 15.2. The van der Waals surface area contributed by atoms with Crippen molar-refractivity contribution in [1.82, 2.24) is 10.2 Å². The maximum absolute atomic E-state index is 3.59. The molecular formula is C15H32N2. The Morgan fingerprint density at radius 2 is 2.06 bits per heavy atom. The molecule has 1 atom stereocenters. The molecule has 0 aromatic carbocycles. The summed E-state index contributed by atoms with van der Waals surface area (Å²) >= 11 is 0. The van der Waals surface area contributed by atoms with Gasteiger partial charge in [0.1, 0.15) is 0 Å². The number of nitrogens with one attached hydrogen (secondary N) is 1. The standard InChI is InChI=1S/C15H32N2/c1-4-7-15-8-5-6-12-17(15)13-11-16-10-9-14(2)3/h14-16H,4-13H2,1-3H3. The second kappa shape index (κ2) is 8.93. The normalized spacial score (nSPS) is 22.2. The highest BCUT2D eigenvalue weighted by Gasteiger charge is 2.20. The first-order chi connectivity index (χ1) is 8.24. The van der Waals surface area contributed by atoms with Crippen LogP contribution >= 0.6 is 0 Å². The largest absolute Gasteiger partial charge is 0.315 e. The van der Waals surface area contributed by atoms with E-state index in [0.29, 0.717) is 0 Å². The van der Waals surface area contributed by atoms with Gasteiger partial charge in [-0.2, -0.15) is 0 Å². The van der Waals surface area contributed by atoms with Crippen molar-refractivity contribution < 1.29 is 0 Å². The molecule has 0 aliphatic carbocycles. The average molecular weight is 240 g/mol. The Kier molecular flexibility index (Phi) is 7.87. The van der Waals surface area contributed by atoms with Crippen molar-refractivity contribution in [3.05, 3.63) is 0 Å². The fourth-order valence-electron chi connectivity index (χ4n) is 2.75. The van der Waals surface area contributed by atoms with Crippen LogP contribution in [0.25, 0.3) is 0 Å². The molecular weight excluding hydrogens is 208 g/mol. The van der Waals surface area contributed by atoms with E-state index in [2.05, 4.69) is 31.0 Å². The lowest BCUT2D eigenvalue weighted by Gasteiger charge is -2.35. The van der Waals surface area contributed by atoms with Gasteiger partial charge in [-0.05, 0) is 44.7 Å². The second-order valence-electron chi connectivity index (χ2n) is 5.91. The lowest BCUT2D eigenvalue weighted by Crippen LogP contribution is -2.43. The zero-order chi connectivity index (χ0) is 12.5. The van der Waals surface area contributed by atoms with E-state index in [0.717, 1.165) is 12.0 Å². The molecule has 0 amide bonds. The topological polar surface area (TPSA) is 15.3 Å². The summed E-state index contributed by atoms with van der Waals surface area (Å²) in [5.74, 6) is 0.824. The van der Waals surface area contributed by atoms with Crippen LogP contribution in [0.2, 0.25) is 0 Å². The van der Waals surface area contributed by atoms with Crippen molar-refractivity contribution in [1.29, 1.82) is 0 Å². The number of nitrogens with zero attached hydrogens (tertiary/aromatic N) is 1. The average Bonchev–Trinajstić information content (AvgIpc) is 2.31. The van der Waals surface area contributed by atoms with Gasteiger partial charge in [-0.15, -0.1) is 0 Å². The van der Waals surface area contributed by atoms with Gasteiger partial charge in [-0.3, -0.25) is 4.90 Å². The van der Waals surface area contributed by atoms with Gasteiger partial charge < -0.3 is 5.32 Å². The summed E-state index contributed by atoms with van der Waals surface area (Å²) in [6.45, 7) is 11.8. The number of hydrogen-bond acceptors (Lipinski definition) is 2. The highest BCUT2D eigenvalue weighted by molar-refractivity contribution is 4.76. The lowest BCUT2D eigenvalue weighted by molar-refractivity contribution is 0.140. The first-order valence-corrected chi connectivity index (χ1v) is 7.68. The van der Waals surface area contributed by atoms with E-state index in [1.54, 1.807) is 0 Å². The van der Waals surface area contributed by atoms with Crippen molar-refractivity contribution in [2.24, 2.45) is 5.92 Å². The first kappa shape index (κ1) is 15.0. The summed E-state index contributed by atoms with van der Waals surface area (Å²) < 4.78 is 0. The Morgan fingerprint density at radius 1 is 1.24 bits per heavy atom. The number of hydrogen-bond donors (Lipinski definition) is 1. The zero-order valence-electron chi connectivity index (χ0n) is 12.2. The zero-order valence-corrected chi connectivity index (χ0v) is 12.2. The fourth-order valence-corrected chi connectivity index (χ4v) is 2.75. The molecule has 0 bridgehead atoms. The summed E-state index contributed by atoms with van der Waals surface area (Å²) in [5.41, 5.74) is 0. The quantitative estimate of drug-likeness (QED) is 0.655. The maximum atomic E-state index is 3.59. The third-order valence-corrected chi connectivity index (χ3v) is 3.85. The monoisotopic (exact) mass is 240 g/mol. The van der Waals surface area contributed by atoms with E-state index < -0.39 is 0 Å². The first-order valence-electron chi connectivity index (χ1n) is 7.68. The highest BCUT2D eigenvalue weighted by Crippen LogP contribution is 2.19. The van der Waals surface area contributed by atoms with Crippen molar-refractivity contribution in [2.75, 3.05) is 26.2 Å². The Labute approximate surface area is 108 Å². The minimum atomic E-state index is 0.824. The number of likely N-dealkylation sites (tertiary alicyclic amines) is 1. The third kappa shape index (κ3) is 6.42. The van der Waals surface area contributed by atoms with Gasteiger partial charge in [0, 0.05) is 19.1 Å². The van der Waals surface area contributed by atoms with E-state index in [-0.39, 0.29) is 0 Å². The molecule has 0 spiro atoms. The second-order valence-corrected chi connectivity index (χ2v) is 5.91. The van der Waals surface area contributed by atoms with Crippen LogP contribution in [-0.2, 0) is 0 Å². The molecule has 2 heteroatoms. The van der Waals surface area contributed by atoms with Crippen LogP contribution < -0.4 is 5.32 Å². The molecule has 17 heavy (non-hydrogen) atoms. The number of rotatable bonds is 8. The van der Waals surface area contributed by atoms with Crippen molar-refractivity contribution in [2.45, 2.75) is 65.3 Å². The van der Waals surface area contributed by atoms with E-state index in [1.165, 1.54) is 64.7 Å². The molecule has 1 saturated heterocycles. The molecule has 1 rings (SSSR count). The van der Waals surface area contributed by atoms with Crippen LogP contribution in [-0.4, -0.2) is 37.1 Å². The molecule has 0 saturated carbocycles. The third-order valence-electron chi connectivity index (χ3n) is 3.85. The smallest absolute Gasteiger partial charge is 0.0110 e. The molecule has 1 fully saturated rings. The summed E-state index contributed by atoms with van der Waals surface area (Å²) in [5, 5.41) is 3.59. The molecule has 102 valence electrons. The number of piperidine rings is 1. The molecule has 1 unspecified atom stereocenters.